The van der Waals surface area contributed by atoms with E-state index in [4.69, 9.17) is 9.40 Å². The first-order chi connectivity index (χ1) is 27.8. The maximum Gasteiger partial charge on any atom is 0.164 e. The summed E-state index contributed by atoms with van der Waals surface area (Å²) < 4.78 is 6.34. The smallest absolute Gasteiger partial charge is 0.164 e. The molecule has 60 heavy (non-hydrogen) atoms. The topological polar surface area (TPSA) is 63.3 Å². The summed E-state index contributed by atoms with van der Waals surface area (Å²) in [6.45, 7) is 24.7. The van der Waals surface area contributed by atoms with E-state index in [1.807, 2.05) is 59.9 Å². The fourth-order valence-corrected chi connectivity index (χ4v) is 7.95. The van der Waals surface area contributed by atoms with Crippen LogP contribution in [0, 0.1) is 16.9 Å². The molecule has 8 rings (SSSR count). The minimum atomic E-state index is -0.417. The number of rotatable bonds is 6. The number of ketones is 1. The van der Waals surface area contributed by atoms with Crippen molar-refractivity contribution in [3.8, 4) is 22.4 Å². The zero-order valence-electron chi connectivity index (χ0n) is 37.2. The number of fused-ring (bicyclic) bond motifs is 8. The minimum Gasteiger partial charge on any atom is -0.512 e. The van der Waals surface area contributed by atoms with Gasteiger partial charge in [0.2, 0.25) is 0 Å². The van der Waals surface area contributed by atoms with E-state index in [1.165, 1.54) is 55.3 Å². The first-order valence-corrected chi connectivity index (χ1v) is 21.1. The molecule has 5 heteroatoms. The van der Waals surface area contributed by atoms with E-state index in [-0.39, 0.29) is 43.0 Å². The number of aliphatic hydroxyl groups is 1. The van der Waals surface area contributed by atoms with E-state index in [0.29, 0.717) is 11.8 Å². The third-order valence-corrected chi connectivity index (χ3v) is 11.5. The van der Waals surface area contributed by atoms with Crippen LogP contribution in [-0.4, -0.2) is 15.9 Å². The van der Waals surface area contributed by atoms with Crippen molar-refractivity contribution in [1.29, 1.82) is 0 Å². The van der Waals surface area contributed by atoms with E-state index in [9.17, 15) is 9.90 Å². The number of aromatic nitrogens is 1. The fraction of sp³-hybridized carbons (Fsp3) is 0.309. The number of benzene rings is 6. The average molecular weight is 973 g/mol. The molecule has 0 fully saturated rings. The Bertz CT molecular complexity index is 2890. The number of hydrogen-bond donors (Lipinski definition) is 1. The van der Waals surface area contributed by atoms with Crippen LogP contribution in [0.5, 0.6) is 0 Å². The van der Waals surface area contributed by atoms with Crippen molar-refractivity contribution in [2.24, 2.45) is 10.8 Å². The van der Waals surface area contributed by atoms with Crippen LogP contribution >= 0.6 is 0 Å². The summed E-state index contributed by atoms with van der Waals surface area (Å²) in [5.41, 5.74) is 9.63. The summed E-state index contributed by atoms with van der Waals surface area (Å²) in [7, 11) is 0. The average Bonchev–Trinajstić information content (AvgIpc) is 3.57. The monoisotopic (exact) mass is 973 g/mol. The number of carbonyl (C=O) groups excluding carboxylic acids is 1. The Labute approximate surface area is 369 Å². The molecule has 6 aromatic carbocycles. The standard InChI is InChI=1S/C44H38NO.C11H20O2.Ir/c1-25(2)31-11-9-12-32(26(3)4)42(31)29-15-16-33-28(22-29)14-17-35-34(33)18-19-38-36(35)20-21-45-43(38)30-23-39(27(5)6)44-40(24-30)37-10-7-8-13-41(37)46-44;1-10(2,3)8(12)7-9(13)11(4,5)6;/h7-22,24-27H,1-6H3;7,12H,1-6H3;/q-1;;/b;8-7-;. The zero-order valence-corrected chi connectivity index (χ0v) is 39.6. The van der Waals surface area contributed by atoms with Crippen LogP contribution in [0.15, 0.2) is 120 Å². The minimum absolute atomic E-state index is 0. The van der Waals surface area contributed by atoms with E-state index in [0.717, 1.165) is 44.1 Å². The van der Waals surface area contributed by atoms with Crippen molar-refractivity contribution >= 4 is 60.0 Å². The molecule has 1 radical (unpaired) electrons. The molecule has 0 unspecified atom stereocenters. The molecular weight excluding hydrogens is 915 g/mol. The van der Waals surface area contributed by atoms with Crippen LogP contribution in [0.1, 0.15) is 118 Å². The second-order valence-electron chi connectivity index (χ2n) is 19.0. The number of para-hydroxylation sites is 1. The van der Waals surface area contributed by atoms with Gasteiger partial charge in [0.1, 0.15) is 11.3 Å². The largest absolute Gasteiger partial charge is 0.512 e. The number of carbonyl (C=O) groups is 1. The molecule has 0 amide bonds. The normalized spacial score (nSPS) is 12.6. The summed E-state index contributed by atoms with van der Waals surface area (Å²) in [6.07, 6.45) is 3.28. The van der Waals surface area contributed by atoms with Crippen LogP contribution in [0.25, 0.3) is 76.6 Å². The molecule has 0 saturated heterocycles. The molecule has 0 atom stereocenters. The summed E-state index contributed by atoms with van der Waals surface area (Å²) in [5.74, 6) is 1.28. The van der Waals surface area contributed by atoms with Gasteiger partial charge >= 0.3 is 0 Å². The van der Waals surface area contributed by atoms with Crippen LogP contribution in [-0.2, 0) is 24.9 Å². The molecule has 2 aromatic heterocycles. The van der Waals surface area contributed by atoms with Gasteiger partial charge in [-0.1, -0.05) is 167 Å². The fourth-order valence-electron chi connectivity index (χ4n) is 7.95. The number of pyridine rings is 1. The van der Waals surface area contributed by atoms with Crippen LogP contribution in [0.2, 0.25) is 0 Å². The third-order valence-electron chi connectivity index (χ3n) is 11.5. The summed E-state index contributed by atoms with van der Waals surface area (Å²) in [6, 6.07) is 39.3. The van der Waals surface area contributed by atoms with Gasteiger partial charge in [-0.2, -0.15) is 0 Å². The molecule has 4 nitrogen and oxygen atoms in total. The molecule has 0 spiro atoms. The van der Waals surface area contributed by atoms with Crippen molar-refractivity contribution < 1.29 is 34.4 Å². The quantitative estimate of drug-likeness (QED) is 0.0780. The van der Waals surface area contributed by atoms with Crippen LogP contribution in [0.4, 0.5) is 0 Å². The molecule has 0 aliphatic heterocycles. The van der Waals surface area contributed by atoms with Crippen LogP contribution < -0.4 is 0 Å². The number of allylic oxidation sites excluding steroid dienone is 2. The maximum absolute atomic E-state index is 11.5. The van der Waals surface area contributed by atoms with Crippen molar-refractivity contribution in [2.75, 3.05) is 0 Å². The summed E-state index contributed by atoms with van der Waals surface area (Å²) >= 11 is 0. The molecule has 8 aromatic rings. The molecule has 1 N–H and O–H groups in total. The Kier molecular flexibility index (Phi) is 12.7. The van der Waals surface area contributed by atoms with Crippen molar-refractivity contribution in [1.82, 2.24) is 4.98 Å². The Morgan fingerprint density at radius 3 is 1.88 bits per heavy atom. The van der Waals surface area contributed by atoms with Gasteiger partial charge in [-0.25, -0.2) is 0 Å². The first-order valence-electron chi connectivity index (χ1n) is 21.1. The van der Waals surface area contributed by atoms with E-state index >= 15 is 0 Å². The molecule has 0 aliphatic carbocycles. The van der Waals surface area contributed by atoms with Crippen LogP contribution in [0.3, 0.4) is 0 Å². The van der Waals surface area contributed by atoms with Gasteiger partial charge in [0.05, 0.1) is 5.58 Å². The number of hydrogen-bond acceptors (Lipinski definition) is 4. The first kappa shape index (κ1) is 44.5. The predicted octanol–water partition coefficient (Wildman–Crippen LogP) is 16.0. The molecule has 311 valence electrons. The maximum atomic E-state index is 11.5. The van der Waals surface area contributed by atoms with Crippen molar-refractivity contribution in [3.63, 3.8) is 0 Å². The number of aliphatic hydroxyl groups excluding tert-OH is 1. The van der Waals surface area contributed by atoms with Gasteiger partial charge in [0.15, 0.2) is 5.78 Å². The molecule has 0 aliphatic rings. The molecule has 2 heterocycles. The van der Waals surface area contributed by atoms with Gasteiger partial charge in [-0.05, 0) is 96.2 Å². The van der Waals surface area contributed by atoms with Gasteiger partial charge in [-0.15, -0.1) is 17.7 Å². The van der Waals surface area contributed by atoms with Crippen molar-refractivity contribution in [2.45, 2.75) is 101 Å². The molecule has 0 saturated carbocycles. The zero-order chi connectivity index (χ0) is 42.6. The molecule has 0 bridgehead atoms. The Hall–Kier alpha value is -5.09. The van der Waals surface area contributed by atoms with E-state index in [1.54, 1.807) is 0 Å². The molecular formula is C55H58IrNO3-. The Balaban J connectivity index is 0.000000375. The third kappa shape index (κ3) is 8.58. The van der Waals surface area contributed by atoms with Gasteiger partial charge in [0, 0.05) is 48.6 Å². The van der Waals surface area contributed by atoms with E-state index < -0.39 is 5.41 Å². The van der Waals surface area contributed by atoms with Gasteiger partial charge in [0.25, 0.3) is 0 Å². The van der Waals surface area contributed by atoms with Gasteiger partial charge in [-0.3, -0.25) is 4.79 Å². The number of furan rings is 1. The Morgan fingerprint density at radius 1 is 0.650 bits per heavy atom. The second kappa shape index (κ2) is 17.1. The SMILES string of the molecule is CC(C)(C)C(=O)/C=C(\O)C(C)(C)C.CC(C)c1cccc(C(C)C)c1-c1ccc2c(ccc3c4ccnc(-c5[c-]c(C(C)C)c6oc7ccccc7c6c5)c4ccc23)c1.[Ir]. The van der Waals surface area contributed by atoms with Crippen molar-refractivity contribution in [3.05, 3.63) is 138 Å². The Morgan fingerprint density at radius 2 is 1.25 bits per heavy atom. The number of nitrogens with zero attached hydrogens (tertiary/aromatic N) is 1. The van der Waals surface area contributed by atoms with Gasteiger partial charge < -0.3 is 14.5 Å². The summed E-state index contributed by atoms with van der Waals surface area (Å²) in [5, 5.41) is 19.2. The second-order valence-corrected chi connectivity index (χ2v) is 19.0. The summed E-state index contributed by atoms with van der Waals surface area (Å²) in [4.78, 5) is 16.4. The van der Waals surface area contributed by atoms with E-state index in [2.05, 4.69) is 133 Å². The predicted molar refractivity (Wildman–Crippen MR) is 251 cm³/mol.